The van der Waals surface area contributed by atoms with Crippen LogP contribution in [0.4, 0.5) is 0 Å². The second-order valence-electron chi connectivity index (χ2n) is 9.36. The van der Waals surface area contributed by atoms with Gasteiger partial charge < -0.3 is 19.7 Å². The molecule has 4 rings (SSSR count). The maximum absolute atomic E-state index is 13.8. The Morgan fingerprint density at radius 1 is 0.946 bits per heavy atom. The topological polar surface area (TPSA) is 67.9 Å². The Hall–Kier alpha value is -3.32. The van der Waals surface area contributed by atoms with E-state index in [1.807, 2.05) is 86.6 Å². The molecule has 3 aromatic carbocycles. The highest BCUT2D eigenvalue weighted by Crippen LogP contribution is 2.33. The van der Waals surface area contributed by atoms with Gasteiger partial charge in [-0.15, -0.1) is 0 Å². The highest BCUT2D eigenvalue weighted by Gasteiger charge is 2.31. The molecule has 0 fully saturated rings. The Bertz CT molecular complexity index is 1200. The van der Waals surface area contributed by atoms with Crippen LogP contribution < -0.4 is 14.8 Å². The summed E-state index contributed by atoms with van der Waals surface area (Å²) < 4.78 is 11.9. The van der Waals surface area contributed by atoms with Crippen LogP contribution in [0, 0.1) is 0 Å². The van der Waals surface area contributed by atoms with Crippen molar-refractivity contribution in [2.45, 2.75) is 58.2 Å². The summed E-state index contributed by atoms with van der Waals surface area (Å²) in [7, 11) is 0. The Balaban J connectivity index is 1.59. The van der Waals surface area contributed by atoms with Gasteiger partial charge in [-0.1, -0.05) is 71.4 Å². The quantitative estimate of drug-likeness (QED) is 0.326. The number of nitrogens with one attached hydrogen (secondary N) is 1. The number of halogens is 1. The number of ether oxygens (including phenoxy) is 2. The fourth-order valence-corrected chi connectivity index (χ4v) is 4.54. The zero-order chi connectivity index (χ0) is 26.2. The normalized spacial score (nSPS) is 13.6. The number of rotatable bonds is 11. The van der Waals surface area contributed by atoms with Gasteiger partial charge in [0.05, 0.1) is 0 Å². The van der Waals surface area contributed by atoms with Crippen molar-refractivity contribution in [3.63, 3.8) is 0 Å². The molecule has 37 heavy (non-hydrogen) atoms. The number of hydrogen-bond donors (Lipinski definition) is 1. The fourth-order valence-electron chi connectivity index (χ4n) is 4.27. The van der Waals surface area contributed by atoms with Gasteiger partial charge in [0.1, 0.15) is 6.04 Å². The molecule has 1 aliphatic rings. The van der Waals surface area contributed by atoms with E-state index in [-0.39, 0.29) is 31.1 Å². The number of benzene rings is 3. The lowest BCUT2D eigenvalue weighted by Gasteiger charge is -2.32. The van der Waals surface area contributed by atoms with Crippen molar-refractivity contribution < 1.29 is 19.1 Å². The molecule has 6 nitrogen and oxygen atoms in total. The number of hydrogen-bond acceptors (Lipinski definition) is 4. The average molecular weight is 566 g/mol. The second kappa shape index (κ2) is 12.8. The van der Waals surface area contributed by atoms with E-state index < -0.39 is 6.04 Å². The molecule has 0 saturated heterocycles. The molecule has 1 N–H and O–H groups in total. The van der Waals surface area contributed by atoms with E-state index in [0.29, 0.717) is 25.1 Å². The zero-order valence-electron chi connectivity index (χ0n) is 21.3. The van der Waals surface area contributed by atoms with Crippen LogP contribution in [0.2, 0.25) is 0 Å². The lowest BCUT2D eigenvalue weighted by atomic mass is 10.0. The summed E-state index contributed by atoms with van der Waals surface area (Å²) >= 11 is 3.48. The van der Waals surface area contributed by atoms with E-state index in [0.717, 1.165) is 33.3 Å². The predicted octanol–water partition coefficient (Wildman–Crippen LogP) is 5.67. The van der Waals surface area contributed by atoms with Crippen LogP contribution in [0.1, 0.15) is 43.4 Å². The Labute approximate surface area is 227 Å². The van der Waals surface area contributed by atoms with Gasteiger partial charge in [-0.2, -0.15) is 0 Å². The summed E-state index contributed by atoms with van der Waals surface area (Å²) in [5.41, 5.74) is 2.97. The van der Waals surface area contributed by atoms with Gasteiger partial charge in [-0.3, -0.25) is 9.59 Å². The lowest BCUT2D eigenvalue weighted by molar-refractivity contribution is -0.141. The van der Waals surface area contributed by atoms with Crippen LogP contribution >= 0.6 is 15.9 Å². The molecule has 3 aromatic rings. The Morgan fingerprint density at radius 3 is 2.38 bits per heavy atom. The summed E-state index contributed by atoms with van der Waals surface area (Å²) in [6, 6.07) is 22.9. The number of amides is 2. The third-order valence-corrected chi connectivity index (χ3v) is 7.13. The number of nitrogens with zero attached hydrogens (tertiary/aromatic N) is 1. The first kappa shape index (κ1) is 26.7. The summed E-state index contributed by atoms with van der Waals surface area (Å²) in [5, 5.41) is 3.11. The maximum atomic E-state index is 13.8. The van der Waals surface area contributed by atoms with Crippen molar-refractivity contribution in [3.05, 3.63) is 94.0 Å². The van der Waals surface area contributed by atoms with E-state index >= 15 is 0 Å². The minimum atomic E-state index is -0.635. The van der Waals surface area contributed by atoms with Crippen LogP contribution in [-0.2, 0) is 29.0 Å². The van der Waals surface area contributed by atoms with Crippen LogP contribution in [0.15, 0.2) is 77.3 Å². The first-order valence-corrected chi connectivity index (χ1v) is 13.5. The third-order valence-electron chi connectivity index (χ3n) is 6.60. The highest BCUT2D eigenvalue weighted by molar-refractivity contribution is 9.10. The van der Waals surface area contributed by atoms with Gasteiger partial charge in [0.25, 0.3) is 0 Å². The Kier molecular flexibility index (Phi) is 9.23. The minimum absolute atomic E-state index is 0.0176. The number of aryl methyl sites for hydroxylation is 1. The van der Waals surface area contributed by atoms with E-state index in [2.05, 4.69) is 21.2 Å². The number of carbonyl (C=O) groups excluding carboxylic acids is 2. The largest absolute Gasteiger partial charge is 0.454 e. The third kappa shape index (κ3) is 7.35. The van der Waals surface area contributed by atoms with Gasteiger partial charge in [-0.05, 0) is 60.7 Å². The van der Waals surface area contributed by atoms with Crippen molar-refractivity contribution in [1.29, 1.82) is 0 Å². The average Bonchev–Trinajstić information content (AvgIpc) is 3.39. The van der Waals surface area contributed by atoms with Crippen LogP contribution in [0.5, 0.6) is 11.5 Å². The molecule has 1 aliphatic heterocycles. The smallest absolute Gasteiger partial charge is 0.243 e. The van der Waals surface area contributed by atoms with Gasteiger partial charge in [-0.25, -0.2) is 0 Å². The van der Waals surface area contributed by atoms with Gasteiger partial charge >= 0.3 is 0 Å². The second-order valence-corrected chi connectivity index (χ2v) is 10.3. The number of fused-ring (bicyclic) bond motifs is 1. The summed E-state index contributed by atoms with van der Waals surface area (Å²) in [6.45, 7) is 4.58. The maximum Gasteiger partial charge on any atom is 0.243 e. The standard InChI is InChI=1S/C30H33BrN2O4/c1-3-21(2)32-30(35)26(17-22-7-5-4-6-8-22)33(19-24-9-13-25(31)14-10-24)29(34)16-12-23-11-15-27-28(18-23)37-20-36-27/h4-11,13-15,18,21,26H,3,12,16-17,19-20H2,1-2H3,(H,32,35)/t21-,26+/m0/s1. The molecule has 0 aliphatic carbocycles. The van der Waals surface area contributed by atoms with Gasteiger partial charge in [0.2, 0.25) is 18.6 Å². The monoisotopic (exact) mass is 564 g/mol. The van der Waals surface area contributed by atoms with E-state index in [9.17, 15) is 9.59 Å². The minimum Gasteiger partial charge on any atom is -0.454 e. The lowest BCUT2D eigenvalue weighted by Crippen LogP contribution is -2.52. The molecular formula is C30H33BrN2O4. The molecule has 7 heteroatoms. The van der Waals surface area contributed by atoms with E-state index in [1.165, 1.54) is 0 Å². The predicted molar refractivity (Wildman–Crippen MR) is 147 cm³/mol. The SMILES string of the molecule is CC[C@H](C)NC(=O)[C@@H](Cc1ccccc1)N(Cc1ccc(Br)cc1)C(=O)CCc1ccc2c(c1)OCO2. The van der Waals surface area contributed by atoms with Crippen molar-refractivity contribution in [1.82, 2.24) is 10.2 Å². The molecule has 2 atom stereocenters. The van der Waals surface area contributed by atoms with E-state index in [4.69, 9.17) is 9.47 Å². The van der Waals surface area contributed by atoms with Crippen molar-refractivity contribution >= 4 is 27.7 Å². The Morgan fingerprint density at radius 2 is 1.65 bits per heavy atom. The summed E-state index contributed by atoms with van der Waals surface area (Å²) in [5.74, 6) is 1.22. The molecule has 0 aromatic heterocycles. The molecule has 0 spiro atoms. The number of carbonyl (C=O) groups is 2. The molecule has 1 heterocycles. The van der Waals surface area contributed by atoms with Crippen LogP contribution in [-0.4, -0.2) is 35.6 Å². The highest BCUT2D eigenvalue weighted by atomic mass is 79.9. The molecule has 2 amide bonds. The van der Waals surface area contributed by atoms with Gasteiger partial charge in [0.15, 0.2) is 11.5 Å². The molecular weight excluding hydrogens is 532 g/mol. The first-order chi connectivity index (χ1) is 17.9. The molecule has 0 unspecified atom stereocenters. The van der Waals surface area contributed by atoms with Crippen LogP contribution in [0.25, 0.3) is 0 Å². The van der Waals surface area contributed by atoms with Crippen LogP contribution in [0.3, 0.4) is 0 Å². The van der Waals surface area contributed by atoms with Crippen molar-refractivity contribution in [2.75, 3.05) is 6.79 Å². The van der Waals surface area contributed by atoms with E-state index in [1.54, 1.807) is 4.90 Å². The summed E-state index contributed by atoms with van der Waals surface area (Å²) in [4.78, 5) is 29.1. The molecule has 0 saturated carbocycles. The van der Waals surface area contributed by atoms with Gasteiger partial charge in [0, 0.05) is 29.9 Å². The van der Waals surface area contributed by atoms with Crippen molar-refractivity contribution in [3.8, 4) is 11.5 Å². The zero-order valence-corrected chi connectivity index (χ0v) is 22.9. The van der Waals surface area contributed by atoms with Crippen molar-refractivity contribution in [2.24, 2.45) is 0 Å². The fraction of sp³-hybridized carbons (Fsp3) is 0.333. The molecule has 0 radical (unpaired) electrons. The molecule has 0 bridgehead atoms. The molecule has 194 valence electrons. The summed E-state index contributed by atoms with van der Waals surface area (Å²) in [6.07, 6.45) is 2.07. The first-order valence-electron chi connectivity index (χ1n) is 12.7.